The van der Waals surface area contributed by atoms with E-state index in [2.05, 4.69) is 51.7 Å². The lowest BCUT2D eigenvalue weighted by Gasteiger charge is -2.35. The fourth-order valence-corrected chi connectivity index (χ4v) is 3.62. The molecule has 0 saturated carbocycles. The largest absolute Gasteiger partial charge is 0.379 e. The minimum absolute atomic E-state index is 0.0553. The van der Waals surface area contributed by atoms with Crippen molar-refractivity contribution < 1.29 is 9.13 Å². The highest BCUT2D eigenvalue weighted by Crippen LogP contribution is 2.22. The van der Waals surface area contributed by atoms with E-state index in [9.17, 15) is 4.39 Å². The minimum Gasteiger partial charge on any atom is -0.379 e. The first-order valence-corrected chi connectivity index (χ1v) is 10.2. The van der Waals surface area contributed by atoms with Crippen LogP contribution in [0.15, 0.2) is 59.6 Å². The van der Waals surface area contributed by atoms with Gasteiger partial charge in [-0.05, 0) is 29.2 Å². The molecular weight excluding hydrogens is 367 g/mol. The number of benzene rings is 2. The van der Waals surface area contributed by atoms with Gasteiger partial charge in [0.15, 0.2) is 5.96 Å². The van der Waals surface area contributed by atoms with Crippen LogP contribution < -0.4 is 10.6 Å². The lowest BCUT2D eigenvalue weighted by atomic mass is 10.0. The third-order valence-electron chi connectivity index (χ3n) is 5.35. The molecule has 1 aliphatic rings. The van der Waals surface area contributed by atoms with Crippen LogP contribution in [0.2, 0.25) is 0 Å². The number of halogens is 1. The number of ether oxygens (including phenoxy) is 1. The van der Waals surface area contributed by atoms with Gasteiger partial charge < -0.3 is 15.4 Å². The molecule has 2 aromatic rings. The molecule has 0 aromatic heterocycles. The van der Waals surface area contributed by atoms with E-state index in [-0.39, 0.29) is 11.9 Å². The van der Waals surface area contributed by atoms with Gasteiger partial charge >= 0.3 is 0 Å². The Balaban J connectivity index is 1.61. The zero-order valence-corrected chi connectivity index (χ0v) is 17.3. The molecule has 0 radical (unpaired) electrons. The molecule has 0 amide bonds. The van der Waals surface area contributed by atoms with Crippen molar-refractivity contribution in [3.63, 3.8) is 0 Å². The van der Waals surface area contributed by atoms with Crippen molar-refractivity contribution in [3.8, 4) is 0 Å². The van der Waals surface area contributed by atoms with E-state index < -0.39 is 0 Å². The minimum atomic E-state index is -0.208. The second kappa shape index (κ2) is 10.9. The Bertz CT molecular complexity index is 777. The van der Waals surface area contributed by atoms with Crippen molar-refractivity contribution in [2.24, 2.45) is 4.99 Å². The maximum absolute atomic E-state index is 13.8. The van der Waals surface area contributed by atoms with Crippen molar-refractivity contribution in [1.82, 2.24) is 15.5 Å². The Morgan fingerprint density at radius 2 is 1.72 bits per heavy atom. The Labute approximate surface area is 173 Å². The van der Waals surface area contributed by atoms with E-state index in [0.29, 0.717) is 25.7 Å². The van der Waals surface area contributed by atoms with Gasteiger partial charge in [-0.3, -0.25) is 9.89 Å². The summed E-state index contributed by atoms with van der Waals surface area (Å²) in [4.78, 5) is 6.70. The maximum Gasteiger partial charge on any atom is 0.191 e. The quantitative estimate of drug-likeness (QED) is 0.556. The van der Waals surface area contributed by atoms with Crippen LogP contribution in [0.1, 0.15) is 30.0 Å². The summed E-state index contributed by atoms with van der Waals surface area (Å²) >= 11 is 0. The van der Waals surface area contributed by atoms with E-state index >= 15 is 0 Å². The normalized spacial score (nSPS) is 17.6. The van der Waals surface area contributed by atoms with Gasteiger partial charge in [0.25, 0.3) is 0 Å². The second-order valence-corrected chi connectivity index (χ2v) is 7.36. The molecule has 0 spiro atoms. The molecule has 0 aliphatic carbocycles. The molecule has 2 atom stereocenters. The summed E-state index contributed by atoms with van der Waals surface area (Å²) < 4.78 is 19.3. The number of hydrogen-bond donors (Lipinski definition) is 2. The molecule has 2 unspecified atom stereocenters. The number of rotatable bonds is 7. The molecule has 2 aromatic carbocycles. The molecule has 156 valence electrons. The molecule has 1 fully saturated rings. The predicted molar refractivity (Wildman–Crippen MR) is 116 cm³/mol. The highest BCUT2D eigenvalue weighted by Gasteiger charge is 2.23. The van der Waals surface area contributed by atoms with E-state index in [4.69, 9.17) is 4.74 Å². The summed E-state index contributed by atoms with van der Waals surface area (Å²) in [6.45, 7) is 6.69. The molecular formula is C23H31FN4O. The lowest BCUT2D eigenvalue weighted by molar-refractivity contribution is 0.0169. The first kappa shape index (κ1) is 21.3. The molecule has 0 bridgehead atoms. The van der Waals surface area contributed by atoms with E-state index in [0.717, 1.165) is 31.2 Å². The van der Waals surface area contributed by atoms with Gasteiger partial charge in [-0.2, -0.15) is 0 Å². The third kappa shape index (κ3) is 6.27. The average molecular weight is 399 g/mol. The van der Waals surface area contributed by atoms with Gasteiger partial charge in [0.2, 0.25) is 0 Å². The van der Waals surface area contributed by atoms with Gasteiger partial charge in [-0.25, -0.2) is 4.39 Å². The highest BCUT2D eigenvalue weighted by atomic mass is 19.1. The SMILES string of the molecule is CN=C(NCC(C)c1ccccc1)NCC(c1cccc(F)c1)N1CCOCC1. The molecule has 1 aliphatic heterocycles. The fourth-order valence-electron chi connectivity index (χ4n) is 3.62. The Morgan fingerprint density at radius 1 is 1.03 bits per heavy atom. The summed E-state index contributed by atoms with van der Waals surface area (Å²) in [7, 11) is 1.77. The summed E-state index contributed by atoms with van der Waals surface area (Å²) in [5.41, 5.74) is 2.26. The van der Waals surface area contributed by atoms with Gasteiger partial charge in [-0.15, -0.1) is 0 Å². The van der Waals surface area contributed by atoms with Crippen LogP contribution >= 0.6 is 0 Å². The first-order chi connectivity index (χ1) is 14.2. The van der Waals surface area contributed by atoms with Gasteiger partial charge in [0, 0.05) is 33.2 Å². The Hall–Kier alpha value is -2.44. The number of aliphatic imine (C=N–C) groups is 1. The summed E-state index contributed by atoms with van der Waals surface area (Å²) in [6.07, 6.45) is 0. The number of hydrogen-bond acceptors (Lipinski definition) is 3. The number of guanidine groups is 1. The standard InChI is InChI=1S/C23H31FN4O/c1-18(19-7-4-3-5-8-19)16-26-23(25-2)27-17-22(28-11-13-29-14-12-28)20-9-6-10-21(24)15-20/h3-10,15,18,22H,11-14,16-17H2,1-2H3,(H2,25,26,27). The smallest absolute Gasteiger partial charge is 0.191 e. The van der Waals surface area contributed by atoms with Crippen molar-refractivity contribution in [2.45, 2.75) is 18.9 Å². The molecule has 2 N–H and O–H groups in total. The fraction of sp³-hybridized carbons (Fsp3) is 0.435. The second-order valence-electron chi connectivity index (χ2n) is 7.36. The zero-order chi connectivity index (χ0) is 20.5. The van der Waals surface area contributed by atoms with Crippen LogP contribution in [0.4, 0.5) is 4.39 Å². The number of nitrogens with zero attached hydrogens (tertiary/aromatic N) is 2. The van der Waals surface area contributed by atoms with Crippen LogP contribution in [0.5, 0.6) is 0 Å². The topological polar surface area (TPSA) is 48.9 Å². The van der Waals surface area contributed by atoms with Crippen molar-refractivity contribution in [3.05, 3.63) is 71.5 Å². The van der Waals surface area contributed by atoms with Crippen LogP contribution in [0, 0.1) is 5.82 Å². The highest BCUT2D eigenvalue weighted by molar-refractivity contribution is 5.79. The molecule has 1 heterocycles. The first-order valence-electron chi connectivity index (χ1n) is 10.2. The van der Waals surface area contributed by atoms with E-state index in [1.807, 2.05) is 12.1 Å². The summed E-state index contributed by atoms with van der Waals surface area (Å²) in [5, 5.41) is 6.84. The summed E-state index contributed by atoms with van der Waals surface area (Å²) in [6, 6.07) is 17.3. The van der Waals surface area contributed by atoms with Crippen LogP contribution in [0.25, 0.3) is 0 Å². The Kier molecular flexibility index (Phi) is 8.02. The molecule has 1 saturated heterocycles. The zero-order valence-electron chi connectivity index (χ0n) is 17.3. The van der Waals surface area contributed by atoms with Crippen LogP contribution in [-0.2, 0) is 4.74 Å². The average Bonchev–Trinajstić information content (AvgIpc) is 2.77. The number of nitrogens with one attached hydrogen (secondary N) is 2. The van der Waals surface area contributed by atoms with Crippen LogP contribution in [-0.4, -0.2) is 57.3 Å². The van der Waals surface area contributed by atoms with Gasteiger partial charge in [-0.1, -0.05) is 49.4 Å². The van der Waals surface area contributed by atoms with Crippen molar-refractivity contribution >= 4 is 5.96 Å². The lowest BCUT2D eigenvalue weighted by Crippen LogP contribution is -2.46. The number of morpholine rings is 1. The van der Waals surface area contributed by atoms with Gasteiger partial charge in [0.1, 0.15) is 5.82 Å². The van der Waals surface area contributed by atoms with Crippen LogP contribution in [0.3, 0.4) is 0 Å². The van der Waals surface area contributed by atoms with E-state index in [1.54, 1.807) is 19.2 Å². The summed E-state index contributed by atoms with van der Waals surface area (Å²) in [5.74, 6) is 0.912. The monoisotopic (exact) mass is 398 g/mol. The third-order valence-corrected chi connectivity index (χ3v) is 5.35. The molecule has 29 heavy (non-hydrogen) atoms. The molecule has 6 heteroatoms. The van der Waals surface area contributed by atoms with E-state index in [1.165, 1.54) is 11.6 Å². The van der Waals surface area contributed by atoms with Gasteiger partial charge in [0.05, 0.1) is 19.3 Å². The van der Waals surface area contributed by atoms with Crippen molar-refractivity contribution in [2.75, 3.05) is 46.4 Å². The maximum atomic E-state index is 13.8. The van der Waals surface area contributed by atoms with Crippen molar-refractivity contribution in [1.29, 1.82) is 0 Å². The predicted octanol–water partition coefficient (Wildman–Crippen LogP) is 3.17. The Morgan fingerprint density at radius 3 is 2.41 bits per heavy atom. The molecule has 3 rings (SSSR count). The molecule has 5 nitrogen and oxygen atoms in total.